The molecule has 0 N–H and O–H groups in total. The first-order valence-corrected chi connectivity index (χ1v) is 10.3. The van der Waals surface area contributed by atoms with Gasteiger partial charge in [-0.1, -0.05) is 18.2 Å². The van der Waals surface area contributed by atoms with Crippen molar-refractivity contribution in [3.05, 3.63) is 36.5 Å². The van der Waals surface area contributed by atoms with E-state index in [1.807, 2.05) is 30.5 Å². The third-order valence-corrected chi connectivity index (χ3v) is 6.76. The number of carbonyl (C=O) groups excluding carboxylic acids is 1. The molecular weight excluding hydrogens is 324 g/mol. The zero-order valence-electron chi connectivity index (χ0n) is 14.2. The molecule has 0 spiro atoms. The zero-order valence-corrected chi connectivity index (χ0v) is 15.0. The Bertz CT molecular complexity index is 841. The van der Waals surface area contributed by atoms with Crippen LogP contribution < -0.4 is 0 Å². The Hall–Kier alpha value is -1.82. The fraction of sp³-hybridized carbons (Fsp3) is 0.500. The first-order valence-electron chi connectivity index (χ1n) is 8.36. The molecule has 2 aromatic rings. The molecule has 0 unspecified atom stereocenters. The maximum Gasteiger partial charge on any atom is 0.224 e. The Morgan fingerprint density at radius 1 is 1.25 bits per heavy atom. The van der Waals surface area contributed by atoms with Crippen LogP contribution in [0.1, 0.15) is 25.7 Å². The highest BCUT2D eigenvalue weighted by Crippen LogP contribution is 2.29. The molecule has 1 saturated carbocycles. The number of para-hydroxylation sites is 1. The van der Waals surface area contributed by atoms with Crippen molar-refractivity contribution in [3.8, 4) is 0 Å². The van der Waals surface area contributed by atoms with Crippen LogP contribution in [0.5, 0.6) is 0 Å². The maximum atomic E-state index is 12.6. The van der Waals surface area contributed by atoms with Crippen LogP contribution in [0.15, 0.2) is 36.5 Å². The van der Waals surface area contributed by atoms with Crippen LogP contribution in [0, 0.1) is 0 Å². The van der Waals surface area contributed by atoms with Crippen molar-refractivity contribution in [2.24, 2.45) is 0 Å². The number of hydrogen-bond acceptors (Lipinski definition) is 3. The Labute approximate surface area is 143 Å². The van der Waals surface area contributed by atoms with Crippen LogP contribution in [-0.4, -0.2) is 48.4 Å². The van der Waals surface area contributed by atoms with Crippen molar-refractivity contribution >= 4 is 26.6 Å². The molecule has 5 nitrogen and oxygen atoms in total. The van der Waals surface area contributed by atoms with Gasteiger partial charge in [0.1, 0.15) is 0 Å². The van der Waals surface area contributed by atoms with Crippen molar-refractivity contribution in [1.82, 2.24) is 9.47 Å². The van der Waals surface area contributed by atoms with Crippen LogP contribution in [0.25, 0.3) is 10.9 Å². The number of aryl methyl sites for hydroxylation is 1. The molecule has 0 bridgehead atoms. The average Bonchev–Trinajstić information content (AvgIpc) is 3.18. The molecule has 0 radical (unpaired) electrons. The molecule has 1 fully saturated rings. The number of hydrogen-bond donors (Lipinski definition) is 0. The fourth-order valence-corrected chi connectivity index (χ4v) is 5.25. The quantitative estimate of drug-likeness (QED) is 0.834. The number of sulfone groups is 1. The van der Waals surface area contributed by atoms with E-state index in [0.29, 0.717) is 19.4 Å². The lowest BCUT2D eigenvalue weighted by atomic mass is 10.2. The summed E-state index contributed by atoms with van der Waals surface area (Å²) in [7, 11) is -1.38. The monoisotopic (exact) mass is 348 g/mol. The second-order valence-corrected chi connectivity index (χ2v) is 8.95. The smallest absolute Gasteiger partial charge is 0.224 e. The predicted octanol–water partition coefficient (Wildman–Crippen LogP) is 2.46. The van der Waals surface area contributed by atoms with Gasteiger partial charge in [0.15, 0.2) is 9.84 Å². The van der Waals surface area contributed by atoms with Gasteiger partial charge in [0.25, 0.3) is 0 Å². The Morgan fingerprint density at radius 3 is 2.75 bits per heavy atom. The number of carbonyl (C=O) groups is 1. The normalized spacial score (nSPS) is 21.2. The first kappa shape index (κ1) is 17.0. The van der Waals surface area contributed by atoms with Gasteiger partial charge in [-0.25, -0.2) is 8.42 Å². The molecule has 1 aliphatic carbocycles. The van der Waals surface area contributed by atoms with E-state index in [-0.39, 0.29) is 11.9 Å². The highest BCUT2D eigenvalue weighted by molar-refractivity contribution is 7.91. The highest BCUT2D eigenvalue weighted by atomic mass is 32.2. The molecule has 1 aliphatic rings. The number of fused-ring (bicyclic) bond motifs is 1. The van der Waals surface area contributed by atoms with Gasteiger partial charge in [-0.05, 0) is 36.8 Å². The molecule has 1 aromatic carbocycles. The van der Waals surface area contributed by atoms with Crippen LogP contribution in [-0.2, 0) is 21.2 Å². The molecule has 24 heavy (non-hydrogen) atoms. The molecule has 0 aliphatic heterocycles. The molecule has 1 amide bonds. The van der Waals surface area contributed by atoms with Gasteiger partial charge in [0.2, 0.25) is 5.91 Å². The molecule has 1 aromatic heterocycles. The molecule has 3 rings (SSSR count). The fourth-order valence-electron chi connectivity index (χ4n) is 3.76. The van der Waals surface area contributed by atoms with E-state index in [2.05, 4.69) is 10.6 Å². The second kappa shape index (κ2) is 6.59. The molecule has 6 heteroatoms. The molecule has 0 saturated heterocycles. The third-order valence-electron chi connectivity index (χ3n) is 5.11. The minimum atomic E-state index is -3.12. The lowest BCUT2D eigenvalue weighted by Gasteiger charge is -2.29. The standard InChI is InChI=1S/C18H24N2O3S/c1-19(16-8-5-9-17(16)24(2,22)23)18(21)11-13-20-12-10-14-6-3-4-7-15(14)20/h3-4,6-7,10,12,16-17H,5,8-9,11,13H2,1-2H3/t16-,17+/m1/s1. The van der Waals surface area contributed by atoms with Gasteiger partial charge < -0.3 is 9.47 Å². The van der Waals surface area contributed by atoms with E-state index in [0.717, 1.165) is 23.7 Å². The number of rotatable bonds is 5. The minimum Gasteiger partial charge on any atom is -0.347 e. The van der Waals surface area contributed by atoms with Gasteiger partial charge in [-0.15, -0.1) is 0 Å². The summed E-state index contributed by atoms with van der Waals surface area (Å²) in [6.45, 7) is 0.604. The first-order chi connectivity index (χ1) is 11.4. The van der Waals surface area contributed by atoms with Gasteiger partial charge >= 0.3 is 0 Å². The summed E-state index contributed by atoms with van der Waals surface area (Å²) >= 11 is 0. The SMILES string of the molecule is CN(C(=O)CCn1ccc2ccccc21)[C@@H]1CCC[C@@H]1S(C)(=O)=O. The van der Waals surface area contributed by atoms with Crippen molar-refractivity contribution < 1.29 is 13.2 Å². The second-order valence-electron chi connectivity index (χ2n) is 6.69. The molecular formula is C18H24N2O3S. The van der Waals surface area contributed by atoms with Crippen molar-refractivity contribution in [3.63, 3.8) is 0 Å². The summed E-state index contributed by atoms with van der Waals surface area (Å²) in [5.74, 6) is 0.00771. The summed E-state index contributed by atoms with van der Waals surface area (Å²) < 4.78 is 25.9. The summed E-state index contributed by atoms with van der Waals surface area (Å²) in [5, 5.41) is 0.741. The Kier molecular flexibility index (Phi) is 4.67. The maximum absolute atomic E-state index is 12.6. The van der Waals surface area contributed by atoms with Crippen LogP contribution in [0.4, 0.5) is 0 Å². The van der Waals surface area contributed by atoms with E-state index >= 15 is 0 Å². The molecule has 2 atom stereocenters. The lowest BCUT2D eigenvalue weighted by Crippen LogP contribution is -2.44. The van der Waals surface area contributed by atoms with Crippen molar-refractivity contribution in [2.45, 2.75) is 43.5 Å². The van der Waals surface area contributed by atoms with E-state index in [1.54, 1.807) is 11.9 Å². The van der Waals surface area contributed by atoms with Crippen LogP contribution in [0.2, 0.25) is 0 Å². The zero-order chi connectivity index (χ0) is 17.3. The topological polar surface area (TPSA) is 59.4 Å². The van der Waals surface area contributed by atoms with Crippen LogP contribution >= 0.6 is 0 Å². The summed E-state index contributed by atoms with van der Waals surface area (Å²) in [6, 6.07) is 9.93. The summed E-state index contributed by atoms with van der Waals surface area (Å²) in [6.07, 6.45) is 5.94. The van der Waals surface area contributed by atoms with E-state index in [9.17, 15) is 13.2 Å². The number of amides is 1. The van der Waals surface area contributed by atoms with Gasteiger partial charge in [0.05, 0.1) is 5.25 Å². The summed E-state index contributed by atoms with van der Waals surface area (Å²) in [5.41, 5.74) is 1.11. The third kappa shape index (κ3) is 3.34. The minimum absolute atomic E-state index is 0.00771. The number of nitrogens with zero attached hydrogens (tertiary/aromatic N) is 2. The lowest BCUT2D eigenvalue weighted by molar-refractivity contribution is -0.132. The average molecular weight is 348 g/mol. The highest BCUT2D eigenvalue weighted by Gasteiger charge is 2.38. The Balaban J connectivity index is 1.66. The van der Waals surface area contributed by atoms with Gasteiger partial charge in [-0.2, -0.15) is 0 Å². The van der Waals surface area contributed by atoms with Crippen molar-refractivity contribution in [1.29, 1.82) is 0 Å². The van der Waals surface area contributed by atoms with Crippen LogP contribution in [0.3, 0.4) is 0 Å². The predicted molar refractivity (Wildman–Crippen MR) is 95.6 cm³/mol. The van der Waals surface area contributed by atoms with Gasteiger partial charge in [0, 0.05) is 44.0 Å². The summed E-state index contributed by atoms with van der Waals surface area (Å²) in [4.78, 5) is 14.2. The number of benzene rings is 1. The number of aromatic nitrogens is 1. The van der Waals surface area contributed by atoms with E-state index < -0.39 is 15.1 Å². The van der Waals surface area contributed by atoms with Gasteiger partial charge in [-0.3, -0.25) is 4.79 Å². The largest absolute Gasteiger partial charge is 0.347 e. The van der Waals surface area contributed by atoms with E-state index in [4.69, 9.17) is 0 Å². The molecule has 1 heterocycles. The van der Waals surface area contributed by atoms with Crippen molar-refractivity contribution in [2.75, 3.05) is 13.3 Å². The van der Waals surface area contributed by atoms with E-state index in [1.165, 1.54) is 6.26 Å². The molecule has 130 valence electrons. The Morgan fingerprint density at radius 2 is 2.00 bits per heavy atom.